The number of nitrogens with zero attached hydrogens (tertiary/aromatic N) is 1. The fourth-order valence-corrected chi connectivity index (χ4v) is 3.51. The van der Waals surface area contributed by atoms with Gasteiger partial charge in [-0.1, -0.05) is 44.2 Å². The molecule has 1 heterocycles. The molecule has 1 amide bonds. The van der Waals surface area contributed by atoms with Gasteiger partial charge in [-0.05, 0) is 53.9 Å². The Morgan fingerprint density at radius 3 is 2.34 bits per heavy atom. The topological polar surface area (TPSA) is 66.9 Å². The molecule has 4 rings (SSSR count). The molecule has 1 aromatic heterocycles. The number of aromatic nitrogens is 2. The van der Waals surface area contributed by atoms with Gasteiger partial charge in [0.1, 0.15) is 11.6 Å². The average molecular weight is 433 g/mol. The zero-order valence-corrected chi connectivity index (χ0v) is 17.5. The molecule has 0 spiro atoms. The highest BCUT2D eigenvalue weighted by atomic mass is 19.1. The number of nitrogens with one attached hydrogen (secondary N) is 2. The summed E-state index contributed by atoms with van der Waals surface area (Å²) in [7, 11) is 0. The molecule has 7 heteroatoms. The Bertz CT molecular complexity index is 1340. The van der Waals surface area contributed by atoms with Gasteiger partial charge < -0.3 is 5.32 Å². The summed E-state index contributed by atoms with van der Waals surface area (Å²) in [5.41, 5.74) is 2.34. The number of anilines is 1. The summed E-state index contributed by atoms with van der Waals surface area (Å²) in [5, 5.41) is 5.75. The maximum atomic E-state index is 13.8. The third-order valence-electron chi connectivity index (χ3n) is 5.11. The molecule has 0 saturated heterocycles. The van der Waals surface area contributed by atoms with E-state index in [1.807, 2.05) is 13.8 Å². The average Bonchev–Trinajstić information content (AvgIpc) is 3.12. The number of aromatic amines is 1. The van der Waals surface area contributed by atoms with E-state index in [2.05, 4.69) is 10.4 Å². The molecular formula is C25H21F2N3O2. The van der Waals surface area contributed by atoms with Crippen molar-refractivity contribution in [2.45, 2.75) is 19.8 Å². The van der Waals surface area contributed by atoms with Crippen LogP contribution in [0.5, 0.6) is 0 Å². The fraction of sp³-hybridized carbons (Fsp3) is 0.120. The van der Waals surface area contributed by atoms with E-state index < -0.39 is 17.5 Å². The van der Waals surface area contributed by atoms with E-state index in [9.17, 15) is 18.4 Å². The summed E-state index contributed by atoms with van der Waals surface area (Å²) in [4.78, 5) is 25.5. The Hall–Kier alpha value is -4.00. The molecule has 32 heavy (non-hydrogen) atoms. The van der Waals surface area contributed by atoms with Crippen LogP contribution in [0.15, 0.2) is 77.6 Å². The van der Waals surface area contributed by atoms with Gasteiger partial charge in [-0.25, -0.2) is 13.5 Å². The van der Waals surface area contributed by atoms with Gasteiger partial charge in [0.15, 0.2) is 0 Å². The highest BCUT2D eigenvalue weighted by Crippen LogP contribution is 2.27. The third kappa shape index (κ3) is 4.09. The summed E-state index contributed by atoms with van der Waals surface area (Å²) in [6, 6.07) is 18.2. The second-order valence-corrected chi connectivity index (χ2v) is 7.69. The van der Waals surface area contributed by atoms with Crippen LogP contribution in [0.4, 0.5) is 14.5 Å². The van der Waals surface area contributed by atoms with Gasteiger partial charge in [0.2, 0.25) is 0 Å². The van der Waals surface area contributed by atoms with E-state index in [1.54, 1.807) is 42.5 Å². The van der Waals surface area contributed by atoms with Crippen molar-refractivity contribution in [3.63, 3.8) is 0 Å². The molecule has 0 unspecified atom stereocenters. The SMILES string of the molecule is CC(C)c1[nH]n(-c2cccc(F)c2)c(=O)c1-c1ccc(NC(=O)c2ccccc2F)cc1. The first-order chi connectivity index (χ1) is 15.3. The van der Waals surface area contributed by atoms with Crippen LogP contribution in [0, 0.1) is 11.6 Å². The minimum atomic E-state index is -0.603. The van der Waals surface area contributed by atoms with E-state index in [1.165, 1.54) is 35.0 Å². The molecule has 4 aromatic rings. The van der Waals surface area contributed by atoms with Crippen LogP contribution in [-0.4, -0.2) is 15.7 Å². The van der Waals surface area contributed by atoms with Crippen molar-refractivity contribution in [2.75, 3.05) is 5.32 Å². The van der Waals surface area contributed by atoms with Crippen molar-refractivity contribution in [1.82, 2.24) is 9.78 Å². The molecule has 0 bridgehead atoms. The lowest BCUT2D eigenvalue weighted by Gasteiger charge is -2.08. The second-order valence-electron chi connectivity index (χ2n) is 7.69. The lowest BCUT2D eigenvalue weighted by molar-refractivity contribution is 0.102. The maximum Gasteiger partial charge on any atom is 0.279 e. The highest BCUT2D eigenvalue weighted by molar-refractivity contribution is 6.04. The number of amides is 1. The van der Waals surface area contributed by atoms with Gasteiger partial charge in [0.25, 0.3) is 11.5 Å². The molecule has 0 saturated carbocycles. The van der Waals surface area contributed by atoms with Gasteiger partial charge in [-0.3, -0.25) is 14.7 Å². The van der Waals surface area contributed by atoms with Gasteiger partial charge in [0, 0.05) is 11.4 Å². The van der Waals surface area contributed by atoms with E-state index in [-0.39, 0.29) is 17.0 Å². The van der Waals surface area contributed by atoms with Crippen molar-refractivity contribution >= 4 is 11.6 Å². The minimum Gasteiger partial charge on any atom is -0.322 e. The number of carbonyl (C=O) groups excluding carboxylic acids is 1. The number of halogens is 2. The molecule has 0 aliphatic heterocycles. The number of hydrogen-bond donors (Lipinski definition) is 2. The molecular weight excluding hydrogens is 412 g/mol. The van der Waals surface area contributed by atoms with E-state index in [0.29, 0.717) is 28.2 Å². The number of H-pyrrole nitrogens is 1. The summed E-state index contributed by atoms with van der Waals surface area (Å²) >= 11 is 0. The normalized spacial score (nSPS) is 11.0. The summed E-state index contributed by atoms with van der Waals surface area (Å²) < 4.78 is 28.8. The number of benzene rings is 3. The Kier molecular flexibility index (Phi) is 5.73. The van der Waals surface area contributed by atoms with E-state index >= 15 is 0 Å². The lowest BCUT2D eigenvalue weighted by atomic mass is 9.99. The van der Waals surface area contributed by atoms with Crippen molar-refractivity contribution in [2.24, 2.45) is 0 Å². The second kappa shape index (κ2) is 8.63. The first-order valence-electron chi connectivity index (χ1n) is 10.1. The molecule has 2 N–H and O–H groups in total. The molecule has 0 aliphatic carbocycles. The highest BCUT2D eigenvalue weighted by Gasteiger charge is 2.20. The van der Waals surface area contributed by atoms with Crippen molar-refractivity contribution < 1.29 is 13.6 Å². The Morgan fingerprint density at radius 2 is 1.69 bits per heavy atom. The molecule has 0 fully saturated rings. The predicted octanol–water partition coefficient (Wildman–Crippen LogP) is 5.49. The first-order valence-corrected chi connectivity index (χ1v) is 10.1. The Morgan fingerprint density at radius 1 is 0.969 bits per heavy atom. The summed E-state index contributed by atoms with van der Waals surface area (Å²) in [6.45, 7) is 3.90. The van der Waals surface area contributed by atoms with Crippen LogP contribution in [0.2, 0.25) is 0 Å². The largest absolute Gasteiger partial charge is 0.322 e. The standard InChI is InChI=1S/C25H21F2N3O2/c1-15(2)23-22(25(32)30(29-23)19-7-5-6-17(26)14-19)16-10-12-18(13-11-16)28-24(31)20-8-3-4-9-21(20)27/h3-15,29H,1-2H3,(H,28,31). The van der Waals surface area contributed by atoms with Crippen LogP contribution in [0.1, 0.15) is 35.8 Å². The summed E-state index contributed by atoms with van der Waals surface area (Å²) in [6.07, 6.45) is 0. The van der Waals surface area contributed by atoms with Crippen LogP contribution in [-0.2, 0) is 0 Å². The van der Waals surface area contributed by atoms with Gasteiger partial charge >= 0.3 is 0 Å². The van der Waals surface area contributed by atoms with Crippen LogP contribution in [0.3, 0.4) is 0 Å². The third-order valence-corrected chi connectivity index (χ3v) is 5.11. The van der Waals surface area contributed by atoms with Crippen LogP contribution in [0.25, 0.3) is 16.8 Å². The Balaban J connectivity index is 1.67. The van der Waals surface area contributed by atoms with Crippen molar-refractivity contribution in [3.8, 4) is 16.8 Å². The number of rotatable bonds is 5. The molecule has 0 aliphatic rings. The Labute approximate surface area is 183 Å². The van der Waals surface area contributed by atoms with Gasteiger partial charge in [-0.15, -0.1) is 0 Å². The molecule has 162 valence electrons. The molecule has 3 aromatic carbocycles. The smallest absolute Gasteiger partial charge is 0.279 e. The zero-order chi connectivity index (χ0) is 22.8. The monoisotopic (exact) mass is 433 g/mol. The number of hydrogen-bond acceptors (Lipinski definition) is 2. The van der Waals surface area contributed by atoms with Crippen LogP contribution < -0.4 is 10.9 Å². The first kappa shape index (κ1) is 21.2. The van der Waals surface area contributed by atoms with Gasteiger partial charge in [-0.2, -0.15) is 0 Å². The van der Waals surface area contributed by atoms with Gasteiger partial charge in [0.05, 0.1) is 16.8 Å². The quantitative estimate of drug-likeness (QED) is 0.437. The van der Waals surface area contributed by atoms with Crippen molar-refractivity contribution in [3.05, 3.63) is 106 Å². The predicted molar refractivity (Wildman–Crippen MR) is 120 cm³/mol. The zero-order valence-electron chi connectivity index (χ0n) is 17.5. The summed E-state index contributed by atoms with van der Waals surface area (Å²) in [5.74, 6) is -1.60. The van der Waals surface area contributed by atoms with E-state index in [0.717, 1.165) is 0 Å². The lowest BCUT2D eigenvalue weighted by Crippen LogP contribution is -2.16. The number of carbonyl (C=O) groups is 1. The minimum absolute atomic E-state index is 0.00736. The fourth-order valence-electron chi connectivity index (χ4n) is 3.51. The molecule has 0 atom stereocenters. The van der Waals surface area contributed by atoms with Crippen LogP contribution >= 0.6 is 0 Å². The molecule has 0 radical (unpaired) electrons. The molecule has 5 nitrogen and oxygen atoms in total. The van der Waals surface area contributed by atoms with Crippen molar-refractivity contribution in [1.29, 1.82) is 0 Å². The van der Waals surface area contributed by atoms with E-state index in [4.69, 9.17) is 0 Å². The maximum absolute atomic E-state index is 13.8.